The molecule has 5 heteroatoms. The molecule has 0 unspecified atom stereocenters. The number of amides is 1. The van der Waals surface area contributed by atoms with Crippen LogP contribution in [0.4, 0.5) is 0 Å². The molecular weight excluding hydrogens is 230 g/mol. The Balaban J connectivity index is 0.00000137. The van der Waals surface area contributed by atoms with Crippen molar-refractivity contribution in [3.8, 4) is 0 Å². The Labute approximate surface area is 111 Å². The van der Waals surface area contributed by atoms with Crippen LogP contribution in [0.3, 0.4) is 0 Å². The maximum atomic E-state index is 11.2. The Hall–Kier alpha value is -0.650. The summed E-state index contributed by atoms with van der Waals surface area (Å²) in [5.74, 6) is 0.104. The highest BCUT2D eigenvalue weighted by atomic mass is 16.5. The van der Waals surface area contributed by atoms with Crippen molar-refractivity contribution in [2.75, 3.05) is 60.0 Å². The van der Waals surface area contributed by atoms with Crippen LogP contribution in [0.1, 0.15) is 20.3 Å². The van der Waals surface area contributed by atoms with Crippen LogP contribution in [0, 0.1) is 0 Å². The first kappa shape index (κ1) is 17.4. The minimum Gasteiger partial charge on any atom is -0.385 e. The summed E-state index contributed by atoms with van der Waals surface area (Å²) in [6, 6.07) is 0. The van der Waals surface area contributed by atoms with Gasteiger partial charge in [0.15, 0.2) is 0 Å². The maximum Gasteiger partial charge on any atom is 0.233 e. The quantitative estimate of drug-likeness (QED) is 0.702. The van der Waals surface area contributed by atoms with Crippen molar-refractivity contribution < 1.29 is 9.53 Å². The fraction of sp³-hybridized carbons (Fsp3) is 0.923. The Morgan fingerprint density at radius 1 is 1.17 bits per heavy atom. The molecule has 0 aromatic rings. The molecule has 1 fully saturated rings. The number of hydrogen-bond acceptors (Lipinski definition) is 4. The zero-order valence-electron chi connectivity index (χ0n) is 12.4. The molecule has 1 aliphatic rings. The van der Waals surface area contributed by atoms with E-state index in [0.29, 0.717) is 6.54 Å². The van der Waals surface area contributed by atoms with Gasteiger partial charge in [0.25, 0.3) is 0 Å². The monoisotopic (exact) mass is 259 g/mol. The first-order chi connectivity index (χ1) is 8.76. The fourth-order valence-corrected chi connectivity index (χ4v) is 1.89. The van der Waals surface area contributed by atoms with Crippen LogP contribution < -0.4 is 5.32 Å². The van der Waals surface area contributed by atoms with E-state index in [0.717, 1.165) is 45.8 Å². The van der Waals surface area contributed by atoms with Crippen molar-refractivity contribution in [3.63, 3.8) is 0 Å². The van der Waals surface area contributed by atoms with Crippen molar-refractivity contribution in [1.29, 1.82) is 0 Å². The second kappa shape index (κ2) is 11.4. The summed E-state index contributed by atoms with van der Waals surface area (Å²) in [5.41, 5.74) is 0. The lowest BCUT2D eigenvalue weighted by atomic mass is 10.3. The molecule has 1 N–H and O–H groups in total. The smallest absolute Gasteiger partial charge is 0.233 e. The number of nitrogens with zero attached hydrogens (tertiary/aromatic N) is 2. The molecule has 0 atom stereocenters. The normalized spacial score (nSPS) is 16.9. The molecule has 1 rings (SSSR count). The standard InChI is InChI=1S/C11H23N3O2.C2H6/c1-12-11(15)10-14-7-5-13(6-8-14)4-3-9-16-2;1-2/h3-10H2,1-2H3,(H,12,15);1-2H3. The second-order valence-corrected chi connectivity index (χ2v) is 4.14. The number of carbonyl (C=O) groups is 1. The highest BCUT2D eigenvalue weighted by molar-refractivity contribution is 5.77. The SMILES string of the molecule is CC.CNC(=O)CN1CCN(CCCOC)CC1. The highest BCUT2D eigenvalue weighted by Gasteiger charge is 2.17. The molecule has 0 aromatic carbocycles. The summed E-state index contributed by atoms with van der Waals surface area (Å²) < 4.78 is 5.03. The molecule has 108 valence electrons. The van der Waals surface area contributed by atoms with E-state index in [4.69, 9.17) is 4.74 Å². The van der Waals surface area contributed by atoms with Gasteiger partial charge < -0.3 is 15.0 Å². The van der Waals surface area contributed by atoms with Crippen LogP contribution >= 0.6 is 0 Å². The van der Waals surface area contributed by atoms with Crippen LogP contribution in [0.2, 0.25) is 0 Å². The molecule has 5 nitrogen and oxygen atoms in total. The Kier molecular flexibility index (Phi) is 11.0. The van der Waals surface area contributed by atoms with Gasteiger partial charge in [0.2, 0.25) is 5.91 Å². The topological polar surface area (TPSA) is 44.8 Å². The molecule has 1 heterocycles. The van der Waals surface area contributed by atoms with Gasteiger partial charge in [-0.25, -0.2) is 0 Å². The summed E-state index contributed by atoms with van der Waals surface area (Å²) in [6.45, 7) is 10.5. The van der Waals surface area contributed by atoms with E-state index in [2.05, 4.69) is 15.1 Å². The zero-order chi connectivity index (χ0) is 13.8. The van der Waals surface area contributed by atoms with Crippen LogP contribution in [-0.2, 0) is 9.53 Å². The van der Waals surface area contributed by atoms with Gasteiger partial charge in [-0.05, 0) is 6.42 Å². The Morgan fingerprint density at radius 3 is 2.22 bits per heavy atom. The average molecular weight is 259 g/mol. The van der Waals surface area contributed by atoms with Gasteiger partial charge in [0, 0.05) is 53.5 Å². The molecule has 0 radical (unpaired) electrons. The minimum atomic E-state index is 0.104. The van der Waals surface area contributed by atoms with Gasteiger partial charge in [-0.15, -0.1) is 0 Å². The predicted molar refractivity (Wildman–Crippen MR) is 74.8 cm³/mol. The van der Waals surface area contributed by atoms with Crippen molar-refractivity contribution >= 4 is 5.91 Å². The third-order valence-electron chi connectivity index (χ3n) is 2.93. The number of likely N-dealkylation sites (N-methyl/N-ethyl adjacent to an activating group) is 1. The van der Waals surface area contributed by atoms with Gasteiger partial charge in [-0.1, -0.05) is 13.8 Å². The molecule has 0 saturated carbocycles. The van der Waals surface area contributed by atoms with Crippen molar-refractivity contribution in [2.45, 2.75) is 20.3 Å². The van der Waals surface area contributed by atoms with E-state index < -0.39 is 0 Å². The molecule has 0 spiro atoms. The number of nitrogens with one attached hydrogen (secondary N) is 1. The van der Waals surface area contributed by atoms with Crippen LogP contribution in [-0.4, -0.2) is 75.7 Å². The lowest BCUT2D eigenvalue weighted by Crippen LogP contribution is -2.49. The van der Waals surface area contributed by atoms with Crippen molar-refractivity contribution in [2.24, 2.45) is 0 Å². The van der Waals surface area contributed by atoms with Gasteiger partial charge in [-0.3, -0.25) is 9.69 Å². The summed E-state index contributed by atoms with van der Waals surface area (Å²) in [5, 5.41) is 2.65. The van der Waals surface area contributed by atoms with Crippen LogP contribution in [0.25, 0.3) is 0 Å². The molecular formula is C13H29N3O2. The minimum absolute atomic E-state index is 0.104. The maximum absolute atomic E-state index is 11.2. The summed E-state index contributed by atoms with van der Waals surface area (Å²) in [6.07, 6.45) is 1.09. The van der Waals surface area contributed by atoms with Gasteiger partial charge in [-0.2, -0.15) is 0 Å². The molecule has 1 saturated heterocycles. The molecule has 1 amide bonds. The number of carbonyl (C=O) groups excluding carboxylic acids is 1. The second-order valence-electron chi connectivity index (χ2n) is 4.14. The van der Waals surface area contributed by atoms with E-state index >= 15 is 0 Å². The van der Waals surface area contributed by atoms with E-state index in [1.54, 1.807) is 14.2 Å². The average Bonchev–Trinajstić information content (AvgIpc) is 2.43. The van der Waals surface area contributed by atoms with Gasteiger partial charge >= 0.3 is 0 Å². The van der Waals surface area contributed by atoms with Crippen molar-refractivity contribution in [1.82, 2.24) is 15.1 Å². The van der Waals surface area contributed by atoms with Gasteiger partial charge in [0.05, 0.1) is 6.54 Å². The Morgan fingerprint density at radius 2 is 1.72 bits per heavy atom. The summed E-state index contributed by atoms with van der Waals surface area (Å²) in [4.78, 5) is 15.8. The molecule has 0 aliphatic carbocycles. The first-order valence-electron chi connectivity index (χ1n) is 6.90. The van der Waals surface area contributed by atoms with E-state index in [-0.39, 0.29) is 5.91 Å². The third-order valence-corrected chi connectivity index (χ3v) is 2.93. The van der Waals surface area contributed by atoms with Crippen LogP contribution in [0.5, 0.6) is 0 Å². The van der Waals surface area contributed by atoms with E-state index in [1.165, 1.54) is 0 Å². The Bertz CT molecular complexity index is 204. The largest absolute Gasteiger partial charge is 0.385 e. The number of rotatable bonds is 6. The molecule has 18 heavy (non-hydrogen) atoms. The first-order valence-corrected chi connectivity index (χ1v) is 6.90. The fourth-order valence-electron chi connectivity index (χ4n) is 1.89. The molecule has 0 aromatic heterocycles. The number of ether oxygens (including phenoxy) is 1. The number of methoxy groups -OCH3 is 1. The number of piperazine rings is 1. The lowest BCUT2D eigenvalue weighted by Gasteiger charge is -2.34. The van der Waals surface area contributed by atoms with E-state index in [1.807, 2.05) is 13.8 Å². The zero-order valence-corrected chi connectivity index (χ0v) is 12.4. The van der Waals surface area contributed by atoms with Crippen LogP contribution in [0.15, 0.2) is 0 Å². The van der Waals surface area contributed by atoms with Crippen molar-refractivity contribution in [3.05, 3.63) is 0 Å². The third kappa shape index (κ3) is 7.63. The molecule has 1 aliphatic heterocycles. The lowest BCUT2D eigenvalue weighted by molar-refractivity contribution is -0.122. The molecule has 0 bridgehead atoms. The highest BCUT2D eigenvalue weighted by Crippen LogP contribution is 2.02. The summed E-state index contributed by atoms with van der Waals surface area (Å²) in [7, 11) is 3.42. The van der Waals surface area contributed by atoms with Gasteiger partial charge in [0.1, 0.15) is 0 Å². The predicted octanol–water partition coefficient (Wildman–Crippen LogP) is 0.413. The number of hydrogen-bond donors (Lipinski definition) is 1. The summed E-state index contributed by atoms with van der Waals surface area (Å²) >= 11 is 0. The van der Waals surface area contributed by atoms with E-state index in [9.17, 15) is 4.79 Å².